The van der Waals surface area contributed by atoms with E-state index < -0.39 is 0 Å². The molecule has 0 unspecified atom stereocenters. The molecule has 0 amide bonds. The van der Waals surface area contributed by atoms with Gasteiger partial charge >= 0.3 is 5.97 Å². The molecule has 0 saturated heterocycles. The number of benzene rings is 2. The molecular weight excluding hydrogens is 308 g/mol. The second-order valence-corrected chi connectivity index (χ2v) is 5.98. The Labute approximate surface area is 140 Å². The fourth-order valence-electron chi connectivity index (χ4n) is 1.90. The van der Waals surface area contributed by atoms with Gasteiger partial charge in [0, 0.05) is 16.2 Å². The number of thioether (sulfide) groups is 1. The highest BCUT2D eigenvalue weighted by atomic mass is 32.2. The van der Waals surface area contributed by atoms with Crippen LogP contribution in [0.4, 0.5) is 0 Å². The predicted octanol–water partition coefficient (Wildman–Crippen LogP) is 4.24. The van der Waals surface area contributed by atoms with Gasteiger partial charge in [0.2, 0.25) is 0 Å². The number of allylic oxidation sites excluding steroid dienone is 1. The lowest BCUT2D eigenvalue weighted by atomic mass is 10.1. The van der Waals surface area contributed by atoms with Crippen LogP contribution < -0.4 is 0 Å². The Morgan fingerprint density at radius 3 is 2.39 bits per heavy atom. The second-order valence-electron chi connectivity index (χ2n) is 4.81. The van der Waals surface area contributed by atoms with Gasteiger partial charge in [-0.15, -0.1) is 11.8 Å². The van der Waals surface area contributed by atoms with Crippen LogP contribution in [0, 0.1) is 0 Å². The third-order valence-electron chi connectivity index (χ3n) is 3.17. The van der Waals surface area contributed by atoms with E-state index in [4.69, 9.17) is 0 Å². The molecule has 2 aromatic rings. The van der Waals surface area contributed by atoms with Gasteiger partial charge in [-0.3, -0.25) is 9.59 Å². The molecule has 0 aliphatic heterocycles. The first kappa shape index (κ1) is 17.0. The number of carbonyl (C=O) groups excluding carboxylic acids is 2. The van der Waals surface area contributed by atoms with Gasteiger partial charge in [0.15, 0.2) is 5.78 Å². The fraction of sp³-hybridized carbons (Fsp3) is 0.158. The van der Waals surface area contributed by atoms with E-state index in [0.29, 0.717) is 17.7 Å². The number of carbonyl (C=O) groups is 2. The topological polar surface area (TPSA) is 43.4 Å². The monoisotopic (exact) mass is 326 g/mol. The van der Waals surface area contributed by atoms with Crippen LogP contribution in [0.3, 0.4) is 0 Å². The Bertz CT molecular complexity index is 676. The van der Waals surface area contributed by atoms with Crippen molar-refractivity contribution in [2.45, 2.75) is 11.3 Å². The molecule has 0 radical (unpaired) electrons. The molecule has 0 N–H and O–H groups in total. The molecule has 0 aromatic heterocycles. The molecule has 23 heavy (non-hydrogen) atoms. The van der Waals surface area contributed by atoms with Crippen molar-refractivity contribution in [1.82, 2.24) is 0 Å². The summed E-state index contributed by atoms with van der Waals surface area (Å²) in [6.45, 7) is 0. The Hall–Kier alpha value is -2.33. The largest absolute Gasteiger partial charge is 0.469 e. The summed E-state index contributed by atoms with van der Waals surface area (Å²) in [5.41, 5.74) is 1.64. The van der Waals surface area contributed by atoms with E-state index >= 15 is 0 Å². The van der Waals surface area contributed by atoms with Crippen LogP contribution in [0.5, 0.6) is 0 Å². The number of esters is 1. The van der Waals surface area contributed by atoms with Crippen molar-refractivity contribution >= 4 is 29.6 Å². The average molecular weight is 326 g/mol. The smallest absolute Gasteiger partial charge is 0.306 e. The lowest BCUT2D eigenvalue weighted by Crippen LogP contribution is -2.00. The van der Waals surface area contributed by atoms with Gasteiger partial charge in [-0.05, 0) is 23.8 Å². The van der Waals surface area contributed by atoms with E-state index in [1.54, 1.807) is 36.0 Å². The van der Waals surface area contributed by atoms with Crippen LogP contribution in [0.2, 0.25) is 0 Å². The van der Waals surface area contributed by atoms with Crippen molar-refractivity contribution in [2.75, 3.05) is 12.9 Å². The number of hydrogen-bond donors (Lipinski definition) is 0. The van der Waals surface area contributed by atoms with Crippen molar-refractivity contribution < 1.29 is 14.3 Å². The quantitative estimate of drug-likeness (QED) is 0.330. The normalized spacial score (nSPS) is 10.7. The van der Waals surface area contributed by atoms with Crippen molar-refractivity contribution in [3.8, 4) is 0 Å². The van der Waals surface area contributed by atoms with Gasteiger partial charge in [0.25, 0.3) is 0 Å². The van der Waals surface area contributed by atoms with Crippen molar-refractivity contribution in [1.29, 1.82) is 0 Å². The summed E-state index contributed by atoms with van der Waals surface area (Å²) in [7, 11) is 1.39. The molecule has 0 bridgehead atoms. The maximum atomic E-state index is 12.0. The third kappa shape index (κ3) is 5.75. The zero-order chi connectivity index (χ0) is 16.5. The van der Waals surface area contributed by atoms with E-state index in [9.17, 15) is 9.59 Å². The first-order chi connectivity index (χ1) is 11.2. The van der Waals surface area contributed by atoms with E-state index in [1.807, 2.05) is 42.5 Å². The van der Waals surface area contributed by atoms with Crippen LogP contribution in [0.25, 0.3) is 6.08 Å². The first-order valence-corrected chi connectivity index (χ1v) is 8.25. The van der Waals surface area contributed by atoms with E-state index in [0.717, 1.165) is 10.5 Å². The summed E-state index contributed by atoms with van der Waals surface area (Å²) in [4.78, 5) is 24.1. The summed E-state index contributed by atoms with van der Waals surface area (Å²) in [5, 5.41) is 0. The summed E-state index contributed by atoms with van der Waals surface area (Å²) >= 11 is 1.60. The highest BCUT2D eigenvalue weighted by Crippen LogP contribution is 2.20. The SMILES string of the molecule is COC(=O)CCSc1ccc(/C=C/C(=O)c2ccccc2)cc1. The predicted molar refractivity (Wildman–Crippen MR) is 93.6 cm³/mol. The number of ketones is 1. The molecule has 0 spiro atoms. The average Bonchev–Trinajstić information content (AvgIpc) is 2.61. The van der Waals surface area contributed by atoms with Gasteiger partial charge in [-0.1, -0.05) is 48.5 Å². The minimum Gasteiger partial charge on any atom is -0.469 e. The van der Waals surface area contributed by atoms with Gasteiger partial charge < -0.3 is 4.74 Å². The first-order valence-electron chi connectivity index (χ1n) is 7.26. The van der Waals surface area contributed by atoms with Crippen LogP contribution in [0.15, 0.2) is 65.6 Å². The summed E-state index contributed by atoms with van der Waals surface area (Å²) in [6, 6.07) is 17.1. The van der Waals surface area contributed by atoms with Gasteiger partial charge in [-0.25, -0.2) is 0 Å². The molecule has 2 aromatic carbocycles. The van der Waals surface area contributed by atoms with Crippen LogP contribution >= 0.6 is 11.8 Å². The van der Waals surface area contributed by atoms with Gasteiger partial charge in [0.1, 0.15) is 0 Å². The standard InChI is InChI=1S/C19H18O3S/c1-22-19(21)13-14-23-17-10-7-15(8-11-17)9-12-18(20)16-5-3-2-4-6-16/h2-12H,13-14H2,1H3/b12-9+. The maximum absolute atomic E-state index is 12.0. The molecule has 2 rings (SSSR count). The Kier molecular flexibility index (Phi) is 6.63. The summed E-state index contributed by atoms with van der Waals surface area (Å²) < 4.78 is 4.60. The molecule has 0 aliphatic carbocycles. The van der Waals surface area contributed by atoms with Crippen molar-refractivity contribution in [3.63, 3.8) is 0 Å². The van der Waals surface area contributed by atoms with E-state index in [-0.39, 0.29) is 11.8 Å². The van der Waals surface area contributed by atoms with Crippen LogP contribution in [-0.2, 0) is 9.53 Å². The molecule has 118 valence electrons. The highest BCUT2D eigenvalue weighted by molar-refractivity contribution is 7.99. The minimum absolute atomic E-state index is 0.0119. The van der Waals surface area contributed by atoms with Gasteiger partial charge in [0.05, 0.1) is 13.5 Å². The molecule has 4 heteroatoms. The molecular formula is C19H18O3S. The van der Waals surface area contributed by atoms with Crippen LogP contribution in [0.1, 0.15) is 22.3 Å². The van der Waals surface area contributed by atoms with E-state index in [2.05, 4.69) is 4.74 Å². The minimum atomic E-state index is -0.198. The highest BCUT2D eigenvalue weighted by Gasteiger charge is 2.02. The van der Waals surface area contributed by atoms with E-state index in [1.165, 1.54) is 7.11 Å². The summed E-state index contributed by atoms with van der Waals surface area (Å²) in [5.74, 6) is 0.479. The lowest BCUT2D eigenvalue weighted by molar-refractivity contribution is -0.140. The zero-order valence-electron chi connectivity index (χ0n) is 12.9. The Morgan fingerprint density at radius 2 is 1.74 bits per heavy atom. The molecule has 0 heterocycles. The number of methoxy groups -OCH3 is 1. The lowest BCUT2D eigenvalue weighted by Gasteiger charge is -2.01. The zero-order valence-corrected chi connectivity index (χ0v) is 13.7. The number of hydrogen-bond acceptors (Lipinski definition) is 4. The van der Waals surface area contributed by atoms with Gasteiger partial charge in [-0.2, -0.15) is 0 Å². The Balaban J connectivity index is 1.88. The van der Waals surface area contributed by atoms with Crippen molar-refractivity contribution in [2.24, 2.45) is 0 Å². The molecule has 0 aliphatic rings. The maximum Gasteiger partial charge on any atom is 0.306 e. The molecule has 3 nitrogen and oxygen atoms in total. The molecule has 0 fully saturated rings. The Morgan fingerprint density at radius 1 is 1.04 bits per heavy atom. The molecule has 0 atom stereocenters. The second kappa shape index (κ2) is 8.96. The van der Waals surface area contributed by atoms with Crippen molar-refractivity contribution in [3.05, 3.63) is 71.8 Å². The number of rotatable bonds is 7. The number of ether oxygens (including phenoxy) is 1. The third-order valence-corrected chi connectivity index (χ3v) is 4.18. The molecule has 0 saturated carbocycles. The fourth-order valence-corrected chi connectivity index (χ4v) is 2.73. The summed E-state index contributed by atoms with van der Waals surface area (Å²) in [6.07, 6.45) is 3.78. The van der Waals surface area contributed by atoms with Crippen LogP contribution in [-0.4, -0.2) is 24.6 Å².